The lowest BCUT2D eigenvalue weighted by atomic mass is 10.1. The number of hydrogen-bond acceptors (Lipinski definition) is 3. The van der Waals surface area contributed by atoms with Gasteiger partial charge in [-0.1, -0.05) is 0 Å². The summed E-state index contributed by atoms with van der Waals surface area (Å²) in [5.74, 6) is 0.488. The van der Waals surface area contributed by atoms with E-state index in [1.807, 2.05) is 20.8 Å². The molecule has 1 saturated carbocycles. The van der Waals surface area contributed by atoms with E-state index in [2.05, 4.69) is 5.32 Å². The number of hydrogen-bond donors (Lipinski definition) is 1. The first-order valence-corrected chi connectivity index (χ1v) is 5.58. The minimum atomic E-state index is -0.418. The zero-order valence-corrected chi connectivity index (χ0v) is 9.58. The molecule has 15 heavy (non-hydrogen) atoms. The van der Waals surface area contributed by atoms with E-state index in [0.717, 1.165) is 12.8 Å². The van der Waals surface area contributed by atoms with Crippen LogP contribution in [-0.4, -0.2) is 30.4 Å². The highest BCUT2D eigenvalue weighted by molar-refractivity contribution is 5.67. The van der Waals surface area contributed by atoms with Crippen LogP contribution in [0.3, 0.4) is 0 Å². The zero-order valence-electron chi connectivity index (χ0n) is 9.58. The van der Waals surface area contributed by atoms with Gasteiger partial charge in [0.05, 0.1) is 12.2 Å². The summed E-state index contributed by atoms with van der Waals surface area (Å²) in [5.41, 5.74) is -0.418. The summed E-state index contributed by atoms with van der Waals surface area (Å²) in [5, 5.41) is 2.80. The van der Waals surface area contributed by atoms with Crippen molar-refractivity contribution >= 4 is 6.09 Å². The summed E-state index contributed by atoms with van der Waals surface area (Å²) in [7, 11) is 0. The predicted molar refractivity (Wildman–Crippen MR) is 55.6 cm³/mol. The third-order valence-electron chi connectivity index (χ3n) is 2.82. The van der Waals surface area contributed by atoms with E-state index in [9.17, 15) is 4.79 Å². The molecule has 4 nitrogen and oxygen atoms in total. The second-order valence-electron chi connectivity index (χ2n) is 5.36. The topological polar surface area (TPSA) is 50.9 Å². The smallest absolute Gasteiger partial charge is 0.407 e. The van der Waals surface area contributed by atoms with E-state index in [-0.39, 0.29) is 6.09 Å². The molecule has 86 valence electrons. The molecule has 1 heterocycles. The number of fused-ring (bicyclic) bond motifs is 1. The number of nitrogens with one attached hydrogen (secondary N) is 1. The van der Waals surface area contributed by atoms with Gasteiger partial charge in [-0.15, -0.1) is 0 Å². The van der Waals surface area contributed by atoms with Crippen molar-refractivity contribution in [1.82, 2.24) is 5.32 Å². The largest absolute Gasteiger partial charge is 0.444 e. The van der Waals surface area contributed by atoms with Crippen molar-refractivity contribution in [3.8, 4) is 0 Å². The Kier molecular flexibility index (Phi) is 2.63. The summed E-state index contributed by atoms with van der Waals surface area (Å²) in [6, 6.07) is 0. The van der Waals surface area contributed by atoms with Gasteiger partial charge < -0.3 is 14.8 Å². The molecule has 0 aromatic rings. The van der Waals surface area contributed by atoms with Crippen LogP contribution in [0.1, 0.15) is 33.6 Å². The van der Waals surface area contributed by atoms with Crippen molar-refractivity contribution in [2.75, 3.05) is 6.54 Å². The average Bonchev–Trinajstić information content (AvgIpc) is 2.74. The minimum absolute atomic E-state index is 0.327. The second kappa shape index (κ2) is 3.67. The first-order chi connectivity index (χ1) is 6.96. The Balaban J connectivity index is 1.67. The van der Waals surface area contributed by atoms with Gasteiger partial charge in [-0.2, -0.15) is 0 Å². The molecular weight excluding hydrogens is 194 g/mol. The normalized spacial score (nSPS) is 33.4. The van der Waals surface area contributed by atoms with E-state index in [1.54, 1.807) is 0 Å². The Morgan fingerprint density at radius 3 is 2.67 bits per heavy atom. The first-order valence-electron chi connectivity index (χ1n) is 5.58. The number of ether oxygens (including phenoxy) is 2. The molecule has 0 aromatic heterocycles. The van der Waals surface area contributed by atoms with Crippen LogP contribution < -0.4 is 5.32 Å². The number of amides is 1. The molecule has 4 heteroatoms. The SMILES string of the molecule is CC(C)(C)OC(=O)NC[C@@H]1CC[C@@H]2O[C@H]12. The van der Waals surface area contributed by atoms with Crippen molar-refractivity contribution in [1.29, 1.82) is 0 Å². The maximum Gasteiger partial charge on any atom is 0.407 e. The van der Waals surface area contributed by atoms with Crippen LogP contribution in [0, 0.1) is 5.92 Å². The standard InChI is InChI=1S/C11H19NO3/c1-11(2,3)15-10(13)12-6-7-4-5-8-9(7)14-8/h7-9H,4-6H2,1-3H3,(H,12,13)/t7-,8-,9+/m0/s1. The fraction of sp³-hybridized carbons (Fsp3) is 0.909. The number of epoxide rings is 1. The molecule has 0 aromatic carbocycles. The maximum absolute atomic E-state index is 11.4. The Bertz CT molecular complexity index is 259. The molecule has 1 aliphatic heterocycles. The lowest BCUT2D eigenvalue weighted by molar-refractivity contribution is 0.0515. The van der Waals surface area contributed by atoms with Gasteiger partial charge in [0.1, 0.15) is 5.60 Å². The van der Waals surface area contributed by atoms with Crippen molar-refractivity contribution < 1.29 is 14.3 Å². The van der Waals surface area contributed by atoms with Gasteiger partial charge in [0.15, 0.2) is 0 Å². The molecule has 1 amide bonds. The van der Waals surface area contributed by atoms with Gasteiger partial charge in [-0.25, -0.2) is 4.79 Å². The third-order valence-corrected chi connectivity index (χ3v) is 2.82. The Labute approximate surface area is 90.3 Å². The lowest BCUT2D eigenvalue weighted by Gasteiger charge is -2.20. The number of carbonyl (C=O) groups is 1. The molecule has 0 bridgehead atoms. The van der Waals surface area contributed by atoms with Crippen molar-refractivity contribution in [3.05, 3.63) is 0 Å². The molecule has 2 aliphatic rings. The summed E-state index contributed by atoms with van der Waals surface area (Å²) in [6.07, 6.45) is 2.86. The van der Waals surface area contributed by atoms with E-state index < -0.39 is 5.60 Å². The minimum Gasteiger partial charge on any atom is -0.444 e. The van der Waals surface area contributed by atoms with Crippen molar-refractivity contribution in [3.63, 3.8) is 0 Å². The molecule has 1 saturated heterocycles. The highest BCUT2D eigenvalue weighted by atomic mass is 16.6. The Morgan fingerprint density at radius 2 is 2.20 bits per heavy atom. The summed E-state index contributed by atoms with van der Waals surface area (Å²) in [4.78, 5) is 11.4. The number of rotatable bonds is 2. The van der Waals surface area contributed by atoms with Crippen LogP contribution in [0.2, 0.25) is 0 Å². The monoisotopic (exact) mass is 213 g/mol. The Hall–Kier alpha value is -0.770. The molecule has 1 N–H and O–H groups in total. The summed E-state index contributed by atoms with van der Waals surface area (Å²) in [6.45, 7) is 6.27. The fourth-order valence-electron chi connectivity index (χ4n) is 2.09. The molecule has 0 spiro atoms. The van der Waals surface area contributed by atoms with Gasteiger partial charge in [0, 0.05) is 12.5 Å². The number of alkyl carbamates (subject to hydrolysis) is 1. The maximum atomic E-state index is 11.4. The quantitative estimate of drug-likeness (QED) is 0.710. The first kappa shape index (κ1) is 10.7. The lowest BCUT2D eigenvalue weighted by Crippen LogP contribution is -2.35. The van der Waals surface area contributed by atoms with E-state index in [1.165, 1.54) is 0 Å². The van der Waals surface area contributed by atoms with E-state index >= 15 is 0 Å². The molecule has 0 unspecified atom stereocenters. The highest BCUT2D eigenvalue weighted by Crippen LogP contribution is 2.42. The van der Waals surface area contributed by atoms with Gasteiger partial charge in [0.2, 0.25) is 0 Å². The van der Waals surface area contributed by atoms with Crippen LogP contribution in [-0.2, 0) is 9.47 Å². The van der Waals surface area contributed by atoms with Crippen LogP contribution in [0.25, 0.3) is 0 Å². The summed E-state index contributed by atoms with van der Waals surface area (Å²) >= 11 is 0. The van der Waals surface area contributed by atoms with Crippen molar-refractivity contribution in [2.45, 2.75) is 51.4 Å². The van der Waals surface area contributed by atoms with Crippen LogP contribution in [0.4, 0.5) is 4.79 Å². The second-order valence-corrected chi connectivity index (χ2v) is 5.36. The summed E-state index contributed by atoms with van der Waals surface area (Å²) < 4.78 is 10.6. The van der Waals surface area contributed by atoms with Crippen LogP contribution in [0.15, 0.2) is 0 Å². The third kappa shape index (κ3) is 2.84. The van der Waals surface area contributed by atoms with Gasteiger partial charge >= 0.3 is 6.09 Å². The molecule has 1 aliphatic carbocycles. The number of carbonyl (C=O) groups excluding carboxylic acids is 1. The van der Waals surface area contributed by atoms with Gasteiger partial charge in [-0.05, 0) is 33.6 Å². The van der Waals surface area contributed by atoms with Gasteiger partial charge in [-0.3, -0.25) is 0 Å². The highest BCUT2D eigenvalue weighted by Gasteiger charge is 2.49. The van der Waals surface area contributed by atoms with Crippen LogP contribution in [0.5, 0.6) is 0 Å². The van der Waals surface area contributed by atoms with Crippen LogP contribution >= 0.6 is 0 Å². The molecular formula is C11H19NO3. The molecule has 3 atom stereocenters. The molecule has 2 rings (SSSR count). The van der Waals surface area contributed by atoms with Gasteiger partial charge in [0.25, 0.3) is 0 Å². The molecule has 0 radical (unpaired) electrons. The van der Waals surface area contributed by atoms with E-state index in [4.69, 9.17) is 9.47 Å². The Morgan fingerprint density at radius 1 is 1.47 bits per heavy atom. The van der Waals surface area contributed by atoms with Crippen molar-refractivity contribution in [2.24, 2.45) is 5.92 Å². The zero-order chi connectivity index (χ0) is 11.1. The van der Waals surface area contributed by atoms with E-state index in [0.29, 0.717) is 24.7 Å². The fourth-order valence-corrected chi connectivity index (χ4v) is 2.09. The predicted octanol–water partition coefficient (Wildman–Crippen LogP) is 1.69. The average molecular weight is 213 g/mol. The molecule has 2 fully saturated rings.